The second-order valence-corrected chi connectivity index (χ2v) is 8.25. The van der Waals surface area contributed by atoms with Crippen LogP contribution in [0.25, 0.3) is 22.4 Å². The van der Waals surface area contributed by atoms with E-state index in [1.807, 2.05) is 34.6 Å². The molecule has 7 nitrogen and oxygen atoms in total. The Morgan fingerprint density at radius 2 is 1.60 bits per heavy atom. The van der Waals surface area contributed by atoms with Crippen LogP contribution in [0.1, 0.15) is 63.1 Å². The Morgan fingerprint density at radius 3 is 2.11 bits per heavy atom. The number of nitrogens with zero attached hydrogens (tertiary/aromatic N) is 4. The molecule has 2 aromatic heterocycles. The highest BCUT2D eigenvalue weighted by Gasteiger charge is 2.51. The zero-order valence-corrected chi connectivity index (χ0v) is 21.3. The number of rotatable bonds is 3. The number of aromatic nitrogens is 3. The van der Waals surface area contributed by atoms with Crippen LogP contribution in [0, 0.1) is 20.8 Å². The molecule has 0 radical (unpaired) electrons. The molecule has 4 heterocycles. The molecule has 0 saturated carbocycles. The van der Waals surface area contributed by atoms with Crippen LogP contribution in [0.5, 0.6) is 0 Å². The Morgan fingerprint density at radius 1 is 0.971 bits per heavy atom. The van der Waals surface area contributed by atoms with Crippen molar-refractivity contribution in [3.05, 3.63) is 34.6 Å². The number of alkyl halides is 3. The number of halogens is 3. The van der Waals surface area contributed by atoms with Crippen molar-refractivity contribution in [2.24, 2.45) is 0 Å². The summed E-state index contributed by atoms with van der Waals surface area (Å²) in [6, 6.07) is 3.12. The monoisotopic (exact) mass is 494 g/mol. The molecule has 2 aliphatic rings. The molecule has 0 amide bonds. The zero-order chi connectivity index (χ0) is 26.0. The predicted molar refractivity (Wildman–Crippen MR) is 128 cm³/mol. The minimum absolute atomic E-state index is 0.200. The maximum absolute atomic E-state index is 13.0. The fraction of sp³-hybridized carbons (Fsp3) is 0.560. The minimum atomic E-state index is -4.29. The predicted octanol–water partition coefficient (Wildman–Crippen LogP) is 6.63. The third-order valence-corrected chi connectivity index (χ3v) is 5.87. The summed E-state index contributed by atoms with van der Waals surface area (Å²) in [6.45, 7) is 14.7. The summed E-state index contributed by atoms with van der Waals surface area (Å²) in [7, 11) is 0. The van der Waals surface area contributed by atoms with Crippen LogP contribution in [0.2, 0.25) is 0 Å². The number of benzene rings is 1. The number of hydrogen-bond acceptors (Lipinski definition) is 7. The van der Waals surface area contributed by atoms with Crippen LogP contribution >= 0.6 is 0 Å². The van der Waals surface area contributed by atoms with Gasteiger partial charge >= 0.3 is 6.18 Å². The summed E-state index contributed by atoms with van der Waals surface area (Å²) in [5, 5.41) is 4.55. The van der Waals surface area contributed by atoms with Crippen molar-refractivity contribution in [1.82, 2.24) is 15.1 Å². The maximum Gasteiger partial charge on any atom is 0.393 e. The molecule has 2 aliphatic heterocycles. The van der Waals surface area contributed by atoms with Gasteiger partial charge in [-0.15, -0.1) is 0 Å². The van der Waals surface area contributed by atoms with Crippen LogP contribution < -0.4 is 4.90 Å². The third kappa shape index (κ3) is 5.75. The molecule has 0 atom stereocenters. The van der Waals surface area contributed by atoms with Gasteiger partial charge in [0.25, 0.3) is 5.89 Å². The van der Waals surface area contributed by atoms with Gasteiger partial charge in [-0.05, 0) is 43.5 Å². The second kappa shape index (κ2) is 10.5. The molecule has 1 aromatic carbocycles. The summed E-state index contributed by atoms with van der Waals surface area (Å²) >= 11 is 0. The zero-order valence-electron chi connectivity index (χ0n) is 21.3. The number of aryl methyl sites for hydroxylation is 3. The second-order valence-electron chi connectivity index (χ2n) is 8.25. The highest BCUT2D eigenvalue weighted by atomic mass is 19.4. The van der Waals surface area contributed by atoms with E-state index in [-0.39, 0.29) is 5.56 Å². The van der Waals surface area contributed by atoms with E-state index in [2.05, 4.69) is 15.0 Å². The van der Waals surface area contributed by atoms with Gasteiger partial charge < -0.3 is 9.42 Å². The average Bonchev–Trinajstić information content (AvgIpc) is 3.44. The van der Waals surface area contributed by atoms with E-state index in [1.165, 1.54) is 0 Å². The smallest absolute Gasteiger partial charge is 0.356 e. The SMILES string of the molecule is CC.CC.Cc1noc(-c2c(N3CCC4(CC3)OO4)nc3c(C)cc(CC(F)(F)F)cc3c2C)n1. The molecule has 3 aromatic rings. The van der Waals surface area contributed by atoms with Crippen molar-refractivity contribution in [1.29, 1.82) is 0 Å². The number of anilines is 1. The van der Waals surface area contributed by atoms with Gasteiger partial charge in [-0.3, -0.25) is 0 Å². The summed E-state index contributed by atoms with van der Waals surface area (Å²) in [4.78, 5) is 21.6. The van der Waals surface area contributed by atoms with Gasteiger partial charge in [-0.1, -0.05) is 38.9 Å². The Labute approximate surface area is 203 Å². The van der Waals surface area contributed by atoms with Gasteiger partial charge in [0.1, 0.15) is 5.82 Å². The Balaban J connectivity index is 0.000000815. The molecule has 2 saturated heterocycles. The van der Waals surface area contributed by atoms with E-state index in [0.29, 0.717) is 65.5 Å². The first-order chi connectivity index (χ1) is 16.6. The summed E-state index contributed by atoms with van der Waals surface area (Å²) in [5.41, 5.74) is 2.96. The van der Waals surface area contributed by atoms with Crippen molar-refractivity contribution < 1.29 is 27.5 Å². The standard InChI is InChI=1S/C21H21F3N4O3.2C2H6/c1-11-8-14(10-21(22,23)24)9-15-12(2)16(19-25-13(3)27-29-19)18(26-17(11)15)28-6-4-20(5-7-28)30-31-20;2*1-2/h8-9H,4-7,10H2,1-3H3;2*1-2H3. The van der Waals surface area contributed by atoms with Crippen molar-refractivity contribution in [2.45, 2.75) is 79.7 Å². The number of piperidine rings is 1. The van der Waals surface area contributed by atoms with E-state index in [4.69, 9.17) is 19.3 Å². The highest BCUT2D eigenvalue weighted by molar-refractivity contribution is 5.94. The van der Waals surface area contributed by atoms with E-state index in [0.717, 1.165) is 5.56 Å². The van der Waals surface area contributed by atoms with Crippen molar-refractivity contribution in [2.75, 3.05) is 18.0 Å². The molecular formula is C25H33F3N4O3. The Hall–Kier alpha value is -2.72. The molecule has 0 aliphatic carbocycles. The summed E-state index contributed by atoms with van der Waals surface area (Å²) in [6.07, 6.45) is -3.89. The van der Waals surface area contributed by atoms with E-state index in [1.54, 1.807) is 26.0 Å². The molecule has 192 valence electrons. The summed E-state index contributed by atoms with van der Waals surface area (Å²) < 4.78 is 44.5. The van der Waals surface area contributed by atoms with E-state index in [9.17, 15) is 13.2 Å². The topological polar surface area (TPSA) is 80.1 Å². The highest BCUT2D eigenvalue weighted by Crippen LogP contribution is 2.43. The lowest BCUT2D eigenvalue weighted by atomic mass is 9.96. The van der Waals surface area contributed by atoms with Crippen LogP contribution in [-0.4, -0.2) is 40.2 Å². The van der Waals surface area contributed by atoms with Crippen LogP contribution in [0.15, 0.2) is 16.7 Å². The molecule has 0 bridgehead atoms. The van der Waals surface area contributed by atoms with Crippen LogP contribution in [0.3, 0.4) is 0 Å². The van der Waals surface area contributed by atoms with Gasteiger partial charge in [0.05, 0.1) is 17.5 Å². The molecule has 1 spiro atoms. The number of hydrogen-bond donors (Lipinski definition) is 0. The lowest BCUT2D eigenvalue weighted by Gasteiger charge is -2.31. The first-order valence-electron chi connectivity index (χ1n) is 12.1. The summed E-state index contributed by atoms with van der Waals surface area (Å²) in [5.74, 6) is 0.972. The van der Waals surface area contributed by atoms with E-state index < -0.39 is 18.4 Å². The fourth-order valence-electron chi connectivity index (χ4n) is 4.25. The molecule has 5 rings (SSSR count). The van der Waals surface area contributed by atoms with Gasteiger partial charge in [0.15, 0.2) is 5.82 Å². The minimum Gasteiger partial charge on any atom is -0.356 e. The van der Waals surface area contributed by atoms with E-state index >= 15 is 0 Å². The molecule has 2 fully saturated rings. The molecule has 35 heavy (non-hydrogen) atoms. The number of pyridine rings is 1. The normalized spacial score (nSPS) is 16.5. The number of fused-ring (bicyclic) bond motifs is 1. The first-order valence-corrected chi connectivity index (χ1v) is 12.1. The third-order valence-electron chi connectivity index (χ3n) is 5.87. The Kier molecular flexibility index (Phi) is 8.06. The molecule has 0 N–H and O–H groups in total. The lowest BCUT2D eigenvalue weighted by Crippen LogP contribution is -2.38. The fourth-order valence-corrected chi connectivity index (χ4v) is 4.25. The Bertz CT molecular complexity index is 1160. The maximum atomic E-state index is 13.0. The molecule has 0 unspecified atom stereocenters. The largest absolute Gasteiger partial charge is 0.393 e. The molecular weight excluding hydrogens is 461 g/mol. The molecule has 10 heteroatoms. The van der Waals surface area contributed by atoms with Crippen LogP contribution in [0.4, 0.5) is 19.0 Å². The quantitative estimate of drug-likeness (QED) is 0.299. The van der Waals surface area contributed by atoms with Crippen molar-refractivity contribution >= 4 is 16.7 Å². The van der Waals surface area contributed by atoms with Crippen LogP contribution in [-0.2, 0) is 16.2 Å². The van der Waals surface area contributed by atoms with Crippen molar-refractivity contribution in [3.8, 4) is 11.5 Å². The van der Waals surface area contributed by atoms with Gasteiger partial charge in [0, 0.05) is 31.3 Å². The lowest BCUT2D eigenvalue weighted by molar-refractivity contribution is -0.127. The van der Waals surface area contributed by atoms with Gasteiger partial charge in [-0.25, -0.2) is 4.98 Å². The van der Waals surface area contributed by atoms with Gasteiger partial charge in [0.2, 0.25) is 5.79 Å². The average molecular weight is 495 g/mol. The first kappa shape index (κ1) is 26.9. The van der Waals surface area contributed by atoms with Gasteiger partial charge in [-0.2, -0.15) is 27.9 Å². The van der Waals surface area contributed by atoms with Crippen molar-refractivity contribution in [3.63, 3.8) is 0 Å².